The molecule has 0 heterocycles. The number of nitrogens with one attached hydrogen (secondary N) is 2. The molecular formula is C17H34N2O2. The van der Waals surface area contributed by atoms with E-state index in [1.807, 2.05) is 6.92 Å². The van der Waals surface area contributed by atoms with Gasteiger partial charge in [0.05, 0.1) is 6.10 Å². The summed E-state index contributed by atoms with van der Waals surface area (Å²) in [5, 5.41) is 6.51. The van der Waals surface area contributed by atoms with E-state index in [1.54, 1.807) is 0 Å². The van der Waals surface area contributed by atoms with Gasteiger partial charge in [-0.25, -0.2) is 0 Å². The highest BCUT2D eigenvalue weighted by molar-refractivity contribution is 5.76. The van der Waals surface area contributed by atoms with Crippen molar-refractivity contribution in [3.63, 3.8) is 0 Å². The van der Waals surface area contributed by atoms with E-state index in [2.05, 4.69) is 45.3 Å². The van der Waals surface area contributed by atoms with Crippen molar-refractivity contribution in [3.05, 3.63) is 0 Å². The van der Waals surface area contributed by atoms with E-state index in [0.29, 0.717) is 24.5 Å². The summed E-state index contributed by atoms with van der Waals surface area (Å²) in [6.07, 6.45) is 2.91. The lowest BCUT2D eigenvalue weighted by atomic mass is 9.64. The van der Waals surface area contributed by atoms with Gasteiger partial charge >= 0.3 is 0 Å². The average Bonchev–Trinajstić information content (AvgIpc) is 2.40. The van der Waals surface area contributed by atoms with Gasteiger partial charge in [-0.2, -0.15) is 0 Å². The van der Waals surface area contributed by atoms with Crippen LogP contribution in [0.4, 0.5) is 0 Å². The fourth-order valence-electron chi connectivity index (χ4n) is 2.63. The second kappa shape index (κ2) is 8.14. The van der Waals surface area contributed by atoms with E-state index in [1.165, 1.54) is 0 Å². The average molecular weight is 298 g/mol. The maximum absolute atomic E-state index is 11.7. The number of amides is 1. The van der Waals surface area contributed by atoms with Crippen LogP contribution in [-0.4, -0.2) is 37.2 Å². The first-order valence-corrected chi connectivity index (χ1v) is 8.41. The smallest absolute Gasteiger partial charge is 0.221 e. The number of ether oxygens (including phenoxy) is 1. The summed E-state index contributed by atoms with van der Waals surface area (Å²) >= 11 is 0. The molecule has 124 valence electrons. The second-order valence-corrected chi connectivity index (χ2v) is 7.41. The SMILES string of the molecule is CCC(C)NC(=O)CCNC1CC(OCC(C)C)C1(C)C. The monoisotopic (exact) mass is 298 g/mol. The van der Waals surface area contributed by atoms with E-state index < -0.39 is 0 Å². The van der Waals surface area contributed by atoms with E-state index in [4.69, 9.17) is 4.74 Å². The van der Waals surface area contributed by atoms with Crippen LogP contribution < -0.4 is 10.6 Å². The van der Waals surface area contributed by atoms with Gasteiger partial charge in [0.25, 0.3) is 0 Å². The van der Waals surface area contributed by atoms with Gasteiger partial charge < -0.3 is 15.4 Å². The first kappa shape index (κ1) is 18.4. The van der Waals surface area contributed by atoms with Crippen molar-refractivity contribution in [1.29, 1.82) is 0 Å². The van der Waals surface area contributed by atoms with Gasteiger partial charge in [-0.05, 0) is 25.7 Å². The third-order valence-electron chi connectivity index (χ3n) is 4.57. The third kappa shape index (κ3) is 5.59. The number of carbonyl (C=O) groups is 1. The van der Waals surface area contributed by atoms with Gasteiger partial charge in [-0.1, -0.05) is 34.6 Å². The molecule has 1 amide bonds. The van der Waals surface area contributed by atoms with Crippen LogP contribution in [0.15, 0.2) is 0 Å². The van der Waals surface area contributed by atoms with Crippen LogP contribution >= 0.6 is 0 Å². The maximum Gasteiger partial charge on any atom is 0.221 e. The Hall–Kier alpha value is -0.610. The van der Waals surface area contributed by atoms with Crippen molar-refractivity contribution in [3.8, 4) is 0 Å². The highest BCUT2D eigenvalue weighted by atomic mass is 16.5. The molecule has 3 atom stereocenters. The van der Waals surface area contributed by atoms with Crippen LogP contribution in [0.1, 0.15) is 60.8 Å². The van der Waals surface area contributed by atoms with E-state index in [9.17, 15) is 4.79 Å². The molecule has 0 aromatic heterocycles. The largest absolute Gasteiger partial charge is 0.377 e. The molecule has 21 heavy (non-hydrogen) atoms. The molecule has 1 aliphatic rings. The number of carbonyl (C=O) groups excluding carboxylic acids is 1. The van der Waals surface area contributed by atoms with E-state index >= 15 is 0 Å². The topological polar surface area (TPSA) is 50.4 Å². The van der Waals surface area contributed by atoms with Gasteiger partial charge in [0.1, 0.15) is 0 Å². The molecule has 0 aromatic carbocycles. The van der Waals surface area contributed by atoms with Crippen LogP contribution in [0.2, 0.25) is 0 Å². The van der Waals surface area contributed by atoms with Crippen molar-refractivity contribution < 1.29 is 9.53 Å². The van der Waals surface area contributed by atoms with Crippen molar-refractivity contribution in [2.24, 2.45) is 11.3 Å². The van der Waals surface area contributed by atoms with Crippen LogP contribution in [-0.2, 0) is 9.53 Å². The molecule has 3 unspecified atom stereocenters. The predicted octanol–water partition coefficient (Wildman–Crippen LogP) is 2.72. The molecule has 0 aliphatic heterocycles. The standard InChI is InChI=1S/C17H34N2O2/c1-7-13(4)19-16(20)8-9-18-14-10-15(17(14,5)6)21-11-12(2)3/h12-15,18H,7-11H2,1-6H3,(H,19,20). The van der Waals surface area contributed by atoms with Crippen molar-refractivity contribution in [2.75, 3.05) is 13.2 Å². The van der Waals surface area contributed by atoms with Gasteiger partial charge in [0.15, 0.2) is 0 Å². The zero-order chi connectivity index (χ0) is 16.0. The summed E-state index contributed by atoms with van der Waals surface area (Å²) in [6.45, 7) is 14.5. The Balaban J connectivity index is 2.21. The molecule has 0 saturated heterocycles. The number of rotatable bonds is 9. The first-order valence-electron chi connectivity index (χ1n) is 8.41. The molecule has 1 rings (SSSR count). The summed E-state index contributed by atoms with van der Waals surface area (Å²) in [5.74, 6) is 0.721. The zero-order valence-electron chi connectivity index (χ0n) is 14.7. The molecule has 4 heteroatoms. The summed E-state index contributed by atoms with van der Waals surface area (Å²) in [5.41, 5.74) is 0.155. The molecule has 0 bridgehead atoms. The van der Waals surface area contributed by atoms with E-state index in [-0.39, 0.29) is 17.4 Å². The fourth-order valence-corrected chi connectivity index (χ4v) is 2.63. The lowest BCUT2D eigenvalue weighted by Gasteiger charge is -2.52. The first-order chi connectivity index (χ1) is 9.77. The lowest BCUT2D eigenvalue weighted by Crippen LogP contribution is -2.61. The number of hydrogen-bond acceptors (Lipinski definition) is 3. The minimum Gasteiger partial charge on any atom is -0.377 e. The summed E-state index contributed by atoms with van der Waals surface area (Å²) in [7, 11) is 0. The molecule has 0 radical (unpaired) electrons. The Morgan fingerprint density at radius 3 is 2.52 bits per heavy atom. The summed E-state index contributed by atoms with van der Waals surface area (Å²) in [6, 6.07) is 0.720. The third-order valence-corrected chi connectivity index (χ3v) is 4.57. The molecule has 2 N–H and O–H groups in total. The molecular weight excluding hydrogens is 264 g/mol. The highest BCUT2D eigenvalue weighted by Crippen LogP contribution is 2.42. The van der Waals surface area contributed by atoms with Crippen LogP contribution in [0, 0.1) is 11.3 Å². The molecule has 1 fully saturated rings. The number of hydrogen-bond donors (Lipinski definition) is 2. The van der Waals surface area contributed by atoms with Crippen molar-refractivity contribution in [2.45, 2.75) is 79.0 Å². The molecule has 4 nitrogen and oxygen atoms in total. The quantitative estimate of drug-likeness (QED) is 0.688. The van der Waals surface area contributed by atoms with Gasteiger partial charge in [0.2, 0.25) is 5.91 Å². The van der Waals surface area contributed by atoms with Gasteiger partial charge in [-0.3, -0.25) is 4.79 Å². The van der Waals surface area contributed by atoms with Crippen LogP contribution in [0.25, 0.3) is 0 Å². The Morgan fingerprint density at radius 1 is 1.33 bits per heavy atom. The Bertz CT molecular complexity index is 329. The summed E-state index contributed by atoms with van der Waals surface area (Å²) in [4.78, 5) is 11.7. The summed E-state index contributed by atoms with van der Waals surface area (Å²) < 4.78 is 5.96. The Kier molecular flexibility index (Phi) is 7.14. The van der Waals surface area contributed by atoms with E-state index in [0.717, 1.165) is 26.0 Å². The van der Waals surface area contributed by atoms with Crippen molar-refractivity contribution >= 4 is 5.91 Å². The fraction of sp³-hybridized carbons (Fsp3) is 0.941. The molecule has 1 aliphatic carbocycles. The second-order valence-electron chi connectivity index (χ2n) is 7.41. The van der Waals surface area contributed by atoms with Crippen LogP contribution in [0.5, 0.6) is 0 Å². The Labute approximate surface area is 130 Å². The van der Waals surface area contributed by atoms with Crippen LogP contribution in [0.3, 0.4) is 0 Å². The minimum absolute atomic E-state index is 0.140. The maximum atomic E-state index is 11.7. The normalized spacial score (nSPS) is 25.5. The highest BCUT2D eigenvalue weighted by Gasteiger charge is 2.48. The van der Waals surface area contributed by atoms with Crippen molar-refractivity contribution in [1.82, 2.24) is 10.6 Å². The molecule has 0 aromatic rings. The molecule has 1 saturated carbocycles. The van der Waals surface area contributed by atoms with Gasteiger partial charge in [-0.15, -0.1) is 0 Å². The Morgan fingerprint density at radius 2 is 2.00 bits per heavy atom. The minimum atomic E-state index is 0.140. The lowest BCUT2D eigenvalue weighted by molar-refractivity contribution is -0.126. The van der Waals surface area contributed by atoms with Gasteiger partial charge in [0, 0.05) is 37.1 Å². The predicted molar refractivity (Wildman–Crippen MR) is 87.3 cm³/mol. The molecule has 0 spiro atoms. The zero-order valence-corrected chi connectivity index (χ0v) is 14.7.